The van der Waals surface area contributed by atoms with Gasteiger partial charge in [-0.3, -0.25) is 4.79 Å². The van der Waals surface area contributed by atoms with Gasteiger partial charge in [0, 0.05) is 5.69 Å². The number of carbonyl (C=O) groups is 2. The molecule has 0 saturated heterocycles. The number of aliphatic carboxylic acids is 1. The molecule has 1 amide bonds. The van der Waals surface area contributed by atoms with Gasteiger partial charge in [0.25, 0.3) is 5.91 Å². The molecule has 7 heteroatoms. The molecular weight excluding hydrogens is 270 g/mol. The Morgan fingerprint density at radius 1 is 1.47 bits per heavy atom. The van der Waals surface area contributed by atoms with Crippen molar-refractivity contribution in [1.82, 2.24) is 15.3 Å². The van der Waals surface area contributed by atoms with Crippen molar-refractivity contribution in [2.24, 2.45) is 5.92 Å². The molecule has 0 radical (unpaired) electrons. The largest absolute Gasteiger partial charge is 0.480 e. The normalized spacial score (nSPS) is 13.7. The van der Waals surface area contributed by atoms with Gasteiger partial charge in [0.05, 0.1) is 0 Å². The Hall–Kier alpha value is -1.69. The Balaban J connectivity index is 2.90. The maximum atomic E-state index is 12.0. The minimum Gasteiger partial charge on any atom is -0.480 e. The van der Waals surface area contributed by atoms with Crippen LogP contribution >= 0.6 is 11.6 Å². The van der Waals surface area contributed by atoms with Gasteiger partial charge in [0.2, 0.25) is 5.28 Å². The molecule has 2 N–H and O–H groups in total. The summed E-state index contributed by atoms with van der Waals surface area (Å²) in [5, 5.41) is 11.5. The first kappa shape index (κ1) is 15.4. The third-order valence-electron chi connectivity index (χ3n) is 2.83. The smallest absolute Gasteiger partial charge is 0.326 e. The second kappa shape index (κ2) is 6.47. The van der Waals surface area contributed by atoms with Crippen LogP contribution in [0.2, 0.25) is 5.28 Å². The number of nitrogens with zero attached hydrogens (tertiary/aromatic N) is 2. The fourth-order valence-electron chi connectivity index (χ4n) is 1.55. The molecule has 104 valence electrons. The molecule has 0 aliphatic rings. The van der Waals surface area contributed by atoms with E-state index in [0.29, 0.717) is 12.1 Å². The van der Waals surface area contributed by atoms with Gasteiger partial charge in [0.1, 0.15) is 11.7 Å². The Morgan fingerprint density at radius 3 is 2.58 bits per heavy atom. The summed E-state index contributed by atoms with van der Waals surface area (Å²) in [7, 11) is 0. The van der Waals surface area contributed by atoms with Crippen molar-refractivity contribution < 1.29 is 14.7 Å². The third kappa shape index (κ3) is 4.17. The van der Waals surface area contributed by atoms with Crippen molar-refractivity contribution in [1.29, 1.82) is 0 Å². The van der Waals surface area contributed by atoms with Gasteiger partial charge in [0.15, 0.2) is 0 Å². The molecule has 1 aromatic heterocycles. The van der Waals surface area contributed by atoms with Crippen LogP contribution in [0.3, 0.4) is 0 Å². The number of nitrogens with one attached hydrogen (secondary N) is 1. The molecule has 0 fully saturated rings. The summed E-state index contributed by atoms with van der Waals surface area (Å²) in [6.45, 7) is 5.30. The first-order valence-electron chi connectivity index (χ1n) is 5.90. The molecule has 0 saturated carbocycles. The number of carbonyl (C=O) groups excluding carboxylic acids is 1. The fourth-order valence-corrected chi connectivity index (χ4v) is 1.77. The molecule has 1 rings (SSSR count). The average Bonchev–Trinajstić information content (AvgIpc) is 2.33. The van der Waals surface area contributed by atoms with E-state index in [-0.39, 0.29) is 16.9 Å². The minimum atomic E-state index is -1.07. The van der Waals surface area contributed by atoms with E-state index in [9.17, 15) is 9.59 Å². The lowest BCUT2D eigenvalue weighted by atomic mass is 9.99. The first-order valence-corrected chi connectivity index (χ1v) is 6.27. The highest BCUT2D eigenvalue weighted by Gasteiger charge is 2.26. The summed E-state index contributed by atoms with van der Waals surface area (Å²) < 4.78 is 0. The lowest BCUT2D eigenvalue weighted by Gasteiger charge is -2.19. The van der Waals surface area contributed by atoms with Gasteiger partial charge in [-0.1, -0.05) is 20.3 Å². The zero-order valence-electron chi connectivity index (χ0n) is 11.0. The van der Waals surface area contributed by atoms with Crippen molar-refractivity contribution in [3.05, 3.63) is 22.7 Å². The number of aryl methyl sites for hydroxylation is 1. The highest BCUT2D eigenvalue weighted by atomic mass is 35.5. The standard InChI is InChI=1S/C12H16ClN3O3/c1-4-6(2)9(11(18)19)16-10(17)8-5-7(3)14-12(13)15-8/h5-6,9H,4H2,1-3H3,(H,16,17)(H,18,19)/t6?,9-/m0/s1. The second-order valence-electron chi connectivity index (χ2n) is 4.34. The summed E-state index contributed by atoms with van der Waals surface area (Å²) in [5.41, 5.74) is 0.604. The van der Waals surface area contributed by atoms with E-state index in [1.165, 1.54) is 6.07 Å². The lowest BCUT2D eigenvalue weighted by molar-refractivity contribution is -0.140. The molecule has 1 heterocycles. The van der Waals surface area contributed by atoms with Crippen molar-refractivity contribution in [3.8, 4) is 0 Å². The predicted octanol–water partition coefficient (Wildman–Crippen LogP) is 1.67. The van der Waals surface area contributed by atoms with E-state index in [0.717, 1.165) is 0 Å². The summed E-state index contributed by atoms with van der Waals surface area (Å²) >= 11 is 5.66. The Bertz CT molecular complexity index is 473. The lowest BCUT2D eigenvalue weighted by Crippen LogP contribution is -2.45. The highest BCUT2D eigenvalue weighted by molar-refractivity contribution is 6.28. The Kier molecular flexibility index (Phi) is 5.23. The summed E-state index contributed by atoms with van der Waals surface area (Å²) in [4.78, 5) is 30.7. The van der Waals surface area contributed by atoms with Crippen LogP contribution in [0.1, 0.15) is 36.5 Å². The molecule has 19 heavy (non-hydrogen) atoms. The number of amides is 1. The number of aromatic nitrogens is 2. The Morgan fingerprint density at radius 2 is 2.11 bits per heavy atom. The second-order valence-corrected chi connectivity index (χ2v) is 4.68. The van der Waals surface area contributed by atoms with E-state index >= 15 is 0 Å². The third-order valence-corrected chi connectivity index (χ3v) is 2.99. The molecule has 0 aromatic carbocycles. The molecule has 0 bridgehead atoms. The first-order chi connectivity index (χ1) is 8.85. The monoisotopic (exact) mass is 285 g/mol. The van der Waals surface area contributed by atoms with Gasteiger partial charge in [-0.2, -0.15) is 0 Å². The van der Waals surface area contributed by atoms with E-state index in [4.69, 9.17) is 16.7 Å². The molecule has 0 spiro atoms. The van der Waals surface area contributed by atoms with Crippen LogP contribution in [0.5, 0.6) is 0 Å². The van der Waals surface area contributed by atoms with Gasteiger partial charge in [-0.25, -0.2) is 14.8 Å². The van der Waals surface area contributed by atoms with Crippen molar-refractivity contribution >= 4 is 23.5 Å². The van der Waals surface area contributed by atoms with E-state index in [2.05, 4.69) is 15.3 Å². The van der Waals surface area contributed by atoms with Crippen LogP contribution in [-0.4, -0.2) is 33.0 Å². The molecule has 6 nitrogen and oxygen atoms in total. The van der Waals surface area contributed by atoms with E-state index < -0.39 is 17.9 Å². The van der Waals surface area contributed by atoms with Crippen LogP contribution in [0.25, 0.3) is 0 Å². The van der Waals surface area contributed by atoms with Crippen molar-refractivity contribution in [3.63, 3.8) is 0 Å². The van der Waals surface area contributed by atoms with Crippen LogP contribution in [-0.2, 0) is 4.79 Å². The number of rotatable bonds is 5. The van der Waals surface area contributed by atoms with Crippen LogP contribution in [0, 0.1) is 12.8 Å². The fraction of sp³-hybridized carbons (Fsp3) is 0.500. The maximum Gasteiger partial charge on any atom is 0.326 e. The zero-order chi connectivity index (χ0) is 14.6. The van der Waals surface area contributed by atoms with Crippen LogP contribution in [0.15, 0.2) is 6.07 Å². The maximum absolute atomic E-state index is 12.0. The van der Waals surface area contributed by atoms with E-state index in [1.54, 1.807) is 13.8 Å². The van der Waals surface area contributed by atoms with Gasteiger partial charge in [-0.05, 0) is 30.5 Å². The summed E-state index contributed by atoms with van der Waals surface area (Å²) in [6.07, 6.45) is 0.640. The van der Waals surface area contributed by atoms with Crippen LogP contribution in [0.4, 0.5) is 0 Å². The van der Waals surface area contributed by atoms with Gasteiger partial charge < -0.3 is 10.4 Å². The van der Waals surface area contributed by atoms with E-state index in [1.807, 2.05) is 6.92 Å². The summed E-state index contributed by atoms with van der Waals surface area (Å²) in [5.74, 6) is -1.82. The number of hydrogen-bond donors (Lipinski definition) is 2. The van der Waals surface area contributed by atoms with Gasteiger partial charge >= 0.3 is 5.97 Å². The Labute approximate surface area is 116 Å². The van der Waals surface area contributed by atoms with Crippen LogP contribution < -0.4 is 5.32 Å². The topological polar surface area (TPSA) is 92.2 Å². The number of hydrogen-bond acceptors (Lipinski definition) is 4. The minimum absolute atomic E-state index is 0.0411. The summed E-state index contributed by atoms with van der Waals surface area (Å²) in [6, 6.07) is 0.503. The van der Waals surface area contributed by atoms with Crippen molar-refractivity contribution in [2.45, 2.75) is 33.2 Å². The molecular formula is C12H16ClN3O3. The zero-order valence-corrected chi connectivity index (χ0v) is 11.7. The number of halogens is 1. The molecule has 1 unspecified atom stereocenters. The van der Waals surface area contributed by atoms with Crippen molar-refractivity contribution in [2.75, 3.05) is 0 Å². The highest BCUT2D eigenvalue weighted by Crippen LogP contribution is 2.10. The number of carboxylic acid groups (broad SMARTS) is 1. The SMILES string of the molecule is CCC(C)[C@H](NC(=O)c1cc(C)nc(Cl)n1)C(=O)O. The average molecular weight is 286 g/mol. The quantitative estimate of drug-likeness (QED) is 0.803. The van der Waals surface area contributed by atoms with Gasteiger partial charge in [-0.15, -0.1) is 0 Å². The molecule has 1 aromatic rings. The number of carboxylic acids is 1. The molecule has 0 aliphatic heterocycles. The predicted molar refractivity (Wildman–Crippen MR) is 70.1 cm³/mol. The molecule has 2 atom stereocenters. The molecule has 0 aliphatic carbocycles.